The number of imidazole rings is 1. The lowest BCUT2D eigenvalue weighted by Gasteiger charge is -2.05. The molecular weight excluding hydrogens is 404 g/mol. The molecule has 27 heavy (non-hydrogen) atoms. The molecule has 1 heterocycles. The third kappa shape index (κ3) is 4.41. The lowest BCUT2D eigenvalue weighted by molar-refractivity contribution is -0.665. The first kappa shape index (κ1) is 21.2. The Hall–Kier alpha value is -2.14. The molecule has 5 heteroatoms. The van der Waals surface area contributed by atoms with Crippen LogP contribution in [0.5, 0.6) is 5.75 Å². The van der Waals surface area contributed by atoms with E-state index in [0.29, 0.717) is 12.1 Å². The van der Waals surface area contributed by atoms with Crippen LogP contribution in [0.3, 0.4) is 0 Å². The summed E-state index contributed by atoms with van der Waals surface area (Å²) in [5, 5.41) is 0. The molecule has 0 aliphatic carbocycles. The van der Waals surface area contributed by atoms with Crippen molar-refractivity contribution in [2.75, 3.05) is 7.11 Å². The lowest BCUT2D eigenvalue weighted by atomic mass is 10.1. The minimum atomic E-state index is 0. The Morgan fingerprint density at radius 1 is 1.07 bits per heavy atom. The van der Waals surface area contributed by atoms with Crippen LogP contribution >= 0.6 is 0 Å². The van der Waals surface area contributed by atoms with Gasteiger partial charge in [-0.05, 0) is 42.8 Å². The topological polar surface area (TPSA) is 35.1 Å². The van der Waals surface area contributed by atoms with E-state index >= 15 is 0 Å². The highest BCUT2D eigenvalue weighted by atomic mass is 79.9. The van der Waals surface area contributed by atoms with Gasteiger partial charge >= 0.3 is 0 Å². The van der Waals surface area contributed by atoms with Crippen LogP contribution in [-0.4, -0.2) is 17.5 Å². The highest BCUT2D eigenvalue weighted by Crippen LogP contribution is 2.17. The quantitative estimate of drug-likeness (QED) is 0.397. The van der Waals surface area contributed by atoms with Gasteiger partial charge in [0.05, 0.1) is 13.7 Å². The molecule has 4 nitrogen and oxygen atoms in total. The molecule has 0 fully saturated rings. The van der Waals surface area contributed by atoms with Gasteiger partial charge in [0.2, 0.25) is 5.78 Å². The van der Waals surface area contributed by atoms with Gasteiger partial charge in [0.25, 0.3) is 5.82 Å². The second-order valence-electron chi connectivity index (χ2n) is 6.50. The summed E-state index contributed by atoms with van der Waals surface area (Å²) in [7, 11) is 1.63. The summed E-state index contributed by atoms with van der Waals surface area (Å²) in [5.74, 6) is 2.09. The summed E-state index contributed by atoms with van der Waals surface area (Å²) in [5.41, 5.74) is 3.05. The monoisotopic (exact) mass is 430 g/mol. The van der Waals surface area contributed by atoms with Gasteiger partial charge in [0.1, 0.15) is 5.75 Å². The zero-order valence-corrected chi connectivity index (χ0v) is 17.8. The number of carbonyl (C=O) groups excluding carboxylic acids is 1. The number of ether oxygens (including phenoxy) is 1. The number of hydrogen-bond acceptors (Lipinski definition) is 2. The predicted molar refractivity (Wildman–Crippen MR) is 104 cm³/mol. The second kappa shape index (κ2) is 9.70. The van der Waals surface area contributed by atoms with Crippen molar-refractivity contribution >= 4 is 16.8 Å². The summed E-state index contributed by atoms with van der Waals surface area (Å²) >= 11 is 0. The number of benzene rings is 2. The van der Waals surface area contributed by atoms with E-state index in [9.17, 15) is 4.79 Å². The summed E-state index contributed by atoms with van der Waals surface area (Å²) in [4.78, 5) is 12.9. The van der Waals surface area contributed by atoms with Crippen molar-refractivity contribution < 1.29 is 31.1 Å². The van der Waals surface area contributed by atoms with Gasteiger partial charge in [-0.2, -0.15) is 0 Å². The van der Waals surface area contributed by atoms with Gasteiger partial charge in [-0.3, -0.25) is 4.79 Å². The predicted octanol–water partition coefficient (Wildman–Crippen LogP) is 1.19. The third-order valence-corrected chi connectivity index (χ3v) is 4.85. The number of hydrogen-bond donors (Lipinski definition) is 0. The van der Waals surface area contributed by atoms with E-state index in [1.807, 2.05) is 30.3 Å². The van der Waals surface area contributed by atoms with Crippen LogP contribution < -0.4 is 26.3 Å². The maximum absolute atomic E-state index is 12.9. The maximum Gasteiger partial charge on any atom is 0.257 e. The number of Topliss-reactive ketones (excluding diaryl/α,β-unsaturated/α-hetero) is 1. The molecule has 0 amide bonds. The summed E-state index contributed by atoms with van der Waals surface area (Å²) < 4.78 is 9.74. The van der Waals surface area contributed by atoms with E-state index in [2.05, 4.69) is 41.2 Å². The molecule has 0 aliphatic rings. The molecule has 3 rings (SSSR count). The Bertz CT molecular complexity index is 901. The first-order valence-electron chi connectivity index (χ1n) is 9.36. The first-order chi connectivity index (χ1) is 12.7. The van der Waals surface area contributed by atoms with E-state index in [1.54, 1.807) is 7.11 Å². The highest BCUT2D eigenvalue weighted by molar-refractivity contribution is 5.95. The van der Waals surface area contributed by atoms with Crippen LogP contribution in [0.15, 0.2) is 48.5 Å². The molecule has 0 N–H and O–H groups in total. The third-order valence-electron chi connectivity index (χ3n) is 4.85. The standard InChI is InChI=1S/C22H27N2O2.BrH/c1-4-6-15-23-19-9-7-8-10-20(19)24(22(23)5-2)16-21(25)17-11-13-18(26-3)14-12-17;/h7-14H,4-6,15-16H2,1-3H3;1H/q+1;/p-1. The minimum Gasteiger partial charge on any atom is -1.00 e. The molecule has 0 atom stereocenters. The number of nitrogens with zero attached hydrogens (tertiary/aromatic N) is 2. The Morgan fingerprint density at radius 3 is 2.41 bits per heavy atom. The van der Waals surface area contributed by atoms with Gasteiger partial charge < -0.3 is 21.7 Å². The summed E-state index contributed by atoms with van der Waals surface area (Å²) in [6, 6.07) is 15.7. The number of halogens is 1. The fourth-order valence-corrected chi connectivity index (χ4v) is 3.48. The number of fused-ring (bicyclic) bond motifs is 1. The van der Waals surface area contributed by atoms with E-state index in [0.717, 1.165) is 37.1 Å². The Kier molecular flexibility index (Phi) is 7.60. The lowest BCUT2D eigenvalue weighted by Crippen LogP contribution is -3.00. The van der Waals surface area contributed by atoms with Crippen LogP contribution in [0.1, 0.15) is 42.9 Å². The molecule has 1 aromatic heterocycles. The number of para-hydroxylation sites is 2. The first-order valence-corrected chi connectivity index (χ1v) is 9.36. The Morgan fingerprint density at radius 2 is 1.78 bits per heavy atom. The number of methoxy groups -OCH3 is 1. The molecule has 2 aromatic carbocycles. The largest absolute Gasteiger partial charge is 1.00 e. The van der Waals surface area contributed by atoms with Crippen molar-refractivity contribution in [1.82, 2.24) is 4.57 Å². The average molecular weight is 431 g/mol. The van der Waals surface area contributed by atoms with Gasteiger partial charge in [-0.15, -0.1) is 0 Å². The average Bonchev–Trinajstić information content (AvgIpc) is 2.99. The van der Waals surface area contributed by atoms with Crippen LogP contribution in [0, 0.1) is 0 Å². The van der Waals surface area contributed by atoms with Crippen LogP contribution in [0.2, 0.25) is 0 Å². The maximum atomic E-state index is 12.9. The van der Waals surface area contributed by atoms with Gasteiger partial charge in [-0.25, -0.2) is 9.13 Å². The Balaban J connectivity index is 0.00000261. The van der Waals surface area contributed by atoms with E-state index in [-0.39, 0.29) is 22.8 Å². The number of ketones is 1. The molecular formula is C22H27BrN2O2. The second-order valence-corrected chi connectivity index (χ2v) is 6.50. The SMILES string of the molecule is CCCCn1c(CC)[n+](CC(=O)c2ccc(OC)cc2)c2ccccc21.[Br-]. The molecule has 0 unspecified atom stereocenters. The number of rotatable bonds is 8. The Labute approximate surface area is 171 Å². The summed E-state index contributed by atoms with van der Waals surface area (Å²) in [6.07, 6.45) is 3.19. The van der Waals surface area contributed by atoms with Crippen molar-refractivity contribution in [3.05, 3.63) is 59.9 Å². The smallest absolute Gasteiger partial charge is 0.257 e. The van der Waals surface area contributed by atoms with E-state index in [1.165, 1.54) is 11.3 Å². The fraction of sp³-hybridized carbons (Fsp3) is 0.364. The van der Waals surface area contributed by atoms with Crippen molar-refractivity contribution in [3.63, 3.8) is 0 Å². The number of aromatic nitrogens is 2. The van der Waals surface area contributed by atoms with Gasteiger partial charge in [0, 0.05) is 12.0 Å². The van der Waals surface area contributed by atoms with Crippen molar-refractivity contribution in [3.8, 4) is 5.75 Å². The molecule has 0 saturated carbocycles. The van der Waals surface area contributed by atoms with Crippen LogP contribution in [0.25, 0.3) is 11.0 Å². The van der Waals surface area contributed by atoms with Crippen LogP contribution in [0.4, 0.5) is 0 Å². The molecule has 0 aliphatic heterocycles. The number of carbonyl (C=O) groups is 1. The summed E-state index contributed by atoms with van der Waals surface area (Å²) in [6.45, 7) is 5.71. The fourth-order valence-electron chi connectivity index (χ4n) is 3.48. The molecule has 0 bridgehead atoms. The zero-order chi connectivity index (χ0) is 18.5. The molecule has 144 valence electrons. The van der Waals surface area contributed by atoms with E-state index in [4.69, 9.17) is 4.74 Å². The van der Waals surface area contributed by atoms with Crippen molar-refractivity contribution in [2.45, 2.75) is 46.2 Å². The minimum absolute atomic E-state index is 0. The van der Waals surface area contributed by atoms with Gasteiger partial charge in [-0.1, -0.05) is 32.4 Å². The van der Waals surface area contributed by atoms with Crippen LogP contribution in [-0.2, 0) is 19.5 Å². The normalized spacial score (nSPS) is 10.6. The van der Waals surface area contributed by atoms with Gasteiger partial charge in [0.15, 0.2) is 17.6 Å². The molecule has 0 radical (unpaired) electrons. The zero-order valence-electron chi connectivity index (χ0n) is 16.2. The van der Waals surface area contributed by atoms with Crippen molar-refractivity contribution in [2.24, 2.45) is 0 Å². The van der Waals surface area contributed by atoms with E-state index < -0.39 is 0 Å². The number of aryl methyl sites for hydroxylation is 1. The number of unbranched alkanes of at least 4 members (excludes halogenated alkanes) is 1. The molecule has 0 spiro atoms. The highest BCUT2D eigenvalue weighted by Gasteiger charge is 2.25. The molecule has 0 saturated heterocycles. The molecule has 3 aromatic rings. The van der Waals surface area contributed by atoms with Crippen molar-refractivity contribution in [1.29, 1.82) is 0 Å².